The molecular weight excluding hydrogens is 474 g/mol. The molecule has 3 heterocycles. The van der Waals surface area contributed by atoms with Gasteiger partial charge >= 0.3 is 163 Å². The van der Waals surface area contributed by atoms with Crippen LogP contribution in [0.5, 0.6) is 0 Å². The zero-order valence-corrected chi connectivity index (χ0v) is 18.1. The fourth-order valence-corrected chi connectivity index (χ4v) is 10.2. The SMILES string of the molecule is CC(C)c1ccc2c(c1)N1c3ncccc3[Se](=O)c3cccc(c31)[Se]2(=O)=O. The van der Waals surface area contributed by atoms with Crippen molar-refractivity contribution in [3.63, 3.8) is 0 Å². The molecule has 0 radical (unpaired) electrons. The Balaban J connectivity index is 1.95. The van der Waals surface area contributed by atoms with Crippen molar-refractivity contribution >= 4 is 61.6 Å². The maximum atomic E-state index is 13.4. The standard InChI is InChI=1S/C20H16N2O3Se2/c1-12(2)13-8-9-17-14(11-13)22-19-15(5-3-7-18(19)27(17,24)25)26(23)16-6-4-10-21-20(16)22/h3-12H,1-2H3. The number of rotatable bonds is 1. The van der Waals surface area contributed by atoms with Crippen molar-refractivity contribution in [3.8, 4) is 0 Å². The van der Waals surface area contributed by atoms with Gasteiger partial charge in [-0.2, -0.15) is 0 Å². The Kier molecular flexibility index (Phi) is 3.56. The summed E-state index contributed by atoms with van der Waals surface area (Å²) in [6.07, 6.45) is 1.66. The van der Waals surface area contributed by atoms with Crippen LogP contribution in [0.4, 0.5) is 17.2 Å². The molecule has 2 aliphatic heterocycles. The van der Waals surface area contributed by atoms with Crippen molar-refractivity contribution in [1.82, 2.24) is 4.98 Å². The summed E-state index contributed by atoms with van der Waals surface area (Å²) in [4.78, 5) is 6.38. The fourth-order valence-electron chi connectivity index (χ4n) is 3.66. The Bertz CT molecular complexity index is 1250. The second-order valence-electron chi connectivity index (χ2n) is 6.92. The van der Waals surface area contributed by atoms with Gasteiger partial charge in [-0.1, -0.05) is 0 Å². The minimum atomic E-state index is -4.60. The number of benzene rings is 2. The average molecular weight is 490 g/mol. The summed E-state index contributed by atoms with van der Waals surface area (Å²) in [5, 5.41) is 0. The number of fused-ring (bicyclic) bond motifs is 4. The van der Waals surface area contributed by atoms with Crippen LogP contribution in [0.25, 0.3) is 0 Å². The van der Waals surface area contributed by atoms with Crippen LogP contribution < -0.4 is 22.7 Å². The first-order chi connectivity index (χ1) is 12.9. The van der Waals surface area contributed by atoms with E-state index in [1.165, 1.54) is 0 Å². The van der Waals surface area contributed by atoms with Gasteiger partial charge in [-0.25, -0.2) is 0 Å². The third-order valence-electron chi connectivity index (χ3n) is 5.02. The van der Waals surface area contributed by atoms with Crippen LogP contribution in [-0.4, -0.2) is 31.5 Å². The van der Waals surface area contributed by atoms with E-state index in [0.717, 1.165) is 5.56 Å². The molecular formula is C20H16N2O3Se2. The molecule has 1 atom stereocenters. The predicted molar refractivity (Wildman–Crippen MR) is 105 cm³/mol. The number of pyridine rings is 1. The summed E-state index contributed by atoms with van der Waals surface area (Å²) in [7, 11) is 0. The van der Waals surface area contributed by atoms with E-state index in [1.54, 1.807) is 36.5 Å². The van der Waals surface area contributed by atoms with E-state index in [-0.39, 0.29) is 10.4 Å². The van der Waals surface area contributed by atoms with Crippen LogP contribution in [-0.2, 0) is 11.5 Å². The number of anilines is 3. The molecule has 0 aliphatic carbocycles. The van der Waals surface area contributed by atoms with Gasteiger partial charge in [-0.05, 0) is 0 Å². The number of hydrogen-bond acceptors (Lipinski definition) is 5. The van der Waals surface area contributed by atoms with Crippen LogP contribution >= 0.6 is 0 Å². The normalized spacial score (nSPS) is 18.6. The molecule has 136 valence electrons. The summed E-state index contributed by atoms with van der Waals surface area (Å²) in [5.74, 6) is 0.837. The minimum absolute atomic E-state index is 0.261. The fraction of sp³-hybridized carbons (Fsp3) is 0.150. The van der Waals surface area contributed by atoms with E-state index in [9.17, 15) is 11.5 Å². The zero-order valence-electron chi connectivity index (χ0n) is 14.7. The molecule has 2 aromatic carbocycles. The first-order valence-electron chi connectivity index (χ1n) is 8.60. The van der Waals surface area contributed by atoms with Gasteiger partial charge < -0.3 is 0 Å². The Labute approximate surface area is 162 Å². The van der Waals surface area contributed by atoms with Crippen LogP contribution in [0.15, 0.2) is 54.7 Å². The number of hydrogen-bond donors (Lipinski definition) is 0. The molecule has 0 saturated carbocycles. The van der Waals surface area contributed by atoms with Crippen LogP contribution in [0.1, 0.15) is 25.3 Å². The second-order valence-corrected chi connectivity index (χ2v) is 13.8. The molecule has 27 heavy (non-hydrogen) atoms. The van der Waals surface area contributed by atoms with E-state index in [0.29, 0.717) is 30.6 Å². The van der Waals surface area contributed by atoms with E-state index in [4.69, 9.17) is 0 Å². The molecule has 7 heteroatoms. The monoisotopic (exact) mass is 492 g/mol. The molecule has 1 aromatic heterocycles. The Morgan fingerprint density at radius 1 is 1.00 bits per heavy atom. The van der Waals surface area contributed by atoms with Gasteiger partial charge in [0.1, 0.15) is 0 Å². The van der Waals surface area contributed by atoms with Gasteiger partial charge in [0.25, 0.3) is 0 Å². The summed E-state index contributed by atoms with van der Waals surface area (Å²) >= 11 is -7.19. The zero-order chi connectivity index (χ0) is 18.9. The second kappa shape index (κ2) is 5.66. The molecule has 1 unspecified atom stereocenters. The van der Waals surface area contributed by atoms with Gasteiger partial charge in [-0.15, -0.1) is 0 Å². The number of aromatic nitrogens is 1. The molecule has 0 spiro atoms. The van der Waals surface area contributed by atoms with E-state index in [2.05, 4.69) is 18.8 Å². The van der Waals surface area contributed by atoms with Gasteiger partial charge in [0, 0.05) is 0 Å². The average Bonchev–Trinajstić information content (AvgIpc) is 2.67. The molecule has 5 nitrogen and oxygen atoms in total. The first kappa shape index (κ1) is 17.0. The van der Waals surface area contributed by atoms with Crippen molar-refractivity contribution in [3.05, 3.63) is 60.3 Å². The van der Waals surface area contributed by atoms with E-state index in [1.807, 2.05) is 23.1 Å². The maximum absolute atomic E-state index is 13.4. The summed E-state index contributed by atoms with van der Waals surface area (Å²) in [6, 6.07) is 14.2. The van der Waals surface area contributed by atoms with Gasteiger partial charge in [0.05, 0.1) is 0 Å². The van der Waals surface area contributed by atoms with Gasteiger partial charge in [0.2, 0.25) is 0 Å². The molecule has 5 rings (SSSR count). The van der Waals surface area contributed by atoms with Crippen LogP contribution in [0.3, 0.4) is 0 Å². The molecule has 2 aliphatic rings. The van der Waals surface area contributed by atoms with Crippen molar-refractivity contribution in [1.29, 1.82) is 0 Å². The molecule has 0 N–H and O–H groups in total. The molecule has 0 amide bonds. The topological polar surface area (TPSA) is 67.3 Å². The van der Waals surface area contributed by atoms with Crippen molar-refractivity contribution in [2.75, 3.05) is 4.90 Å². The number of nitrogens with zero attached hydrogens (tertiary/aromatic N) is 2. The number of para-hydroxylation sites is 1. The molecule has 0 fully saturated rings. The molecule has 3 aromatic rings. The third-order valence-corrected chi connectivity index (χ3v) is 11.9. The van der Waals surface area contributed by atoms with E-state index >= 15 is 0 Å². The van der Waals surface area contributed by atoms with Crippen molar-refractivity contribution < 1.29 is 11.5 Å². The van der Waals surface area contributed by atoms with Crippen LogP contribution in [0, 0.1) is 0 Å². The summed E-state index contributed by atoms with van der Waals surface area (Å²) in [6.45, 7) is 4.15. The van der Waals surface area contributed by atoms with Gasteiger partial charge in [-0.3, -0.25) is 0 Å². The molecule has 0 bridgehead atoms. The Hall–Kier alpha value is -2.17. The Morgan fingerprint density at radius 3 is 2.56 bits per heavy atom. The predicted octanol–water partition coefficient (Wildman–Crippen LogP) is 1.26. The summed E-state index contributed by atoms with van der Waals surface area (Å²) in [5.41, 5.74) is 2.20. The van der Waals surface area contributed by atoms with Crippen molar-refractivity contribution in [2.45, 2.75) is 19.8 Å². The summed E-state index contributed by atoms with van der Waals surface area (Å²) < 4.78 is 41.9. The first-order valence-corrected chi connectivity index (χ1v) is 14.1. The third kappa shape index (κ3) is 2.20. The quantitative estimate of drug-likeness (QED) is 0.331. The molecule has 0 saturated heterocycles. The van der Waals surface area contributed by atoms with E-state index < -0.39 is 26.5 Å². The van der Waals surface area contributed by atoms with Gasteiger partial charge in [0.15, 0.2) is 0 Å². The van der Waals surface area contributed by atoms with Crippen molar-refractivity contribution in [2.24, 2.45) is 0 Å². The van der Waals surface area contributed by atoms with Crippen LogP contribution in [0.2, 0.25) is 0 Å². The Morgan fingerprint density at radius 2 is 1.78 bits per heavy atom.